The van der Waals surface area contributed by atoms with Crippen LogP contribution in [0.2, 0.25) is 0 Å². The molecule has 0 saturated heterocycles. The number of halogens is 1. The van der Waals surface area contributed by atoms with Crippen molar-refractivity contribution in [3.8, 4) is 12.3 Å². The summed E-state index contributed by atoms with van der Waals surface area (Å²) in [6, 6.07) is 8.82. The number of carbonyl (C=O) groups excluding carboxylic acids is 1. The highest BCUT2D eigenvalue weighted by Crippen LogP contribution is 2.14. The Labute approximate surface area is 114 Å². The van der Waals surface area contributed by atoms with E-state index in [0.717, 1.165) is 5.06 Å². The van der Waals surface area contributed by atoms with Gasteiger partial charge in [-0.3, -0.25) is 9.63 Å². The molecule has 1 atom stereocenters. The van der Waals surface area contributed by atoms with Crippen molar-refractivity contribution in [3.63, 3.8) is 0 Å². The number of ether oxygens (including phenoxy) is 1. The topological polar surface area (TPSA) is 38.8 Å². The average Bonchev–Trinajstić information content (AvgIpc) is 2.38. The molecular weight excluding hydrogens is 333 g/mol. The van der Waals surface area contributed by atoms with Crippen molar-refractivity contribution in [2.24, 2.45) is 0 Å². The van der Waals surface area contributed by atoms with E-state index in [0.29, 0.717) is 5.56 Å². The van der Waals surface area contributed by atoms with Gasteiger partial charge in [0.15, 0.2) is 0 Å². The van der Waals surface area contributed by atoms with Crippen molar-refractivity contribution in [1.82, 2.24) is 5.06 Å². The molecule has 0 heterocycles. The zero-order valence-corrected chi connectivity index (χ0v) is 11.5. The lowest BCUT2D eigenvalue weighted by Gasteiger charge is -2.24. The molecule has 0 N–H and O–H groups in total. The second-order valence-corrected chi connectivity index (χ2v) is 4.05. The van der Waals surface area contributed by atoms with Crippen LogP contribution in [-0.2, 0) is 9.57 Å². The van der Waals surface area contributed by atoms with Gasteiger partial charge in [-0.1, -0.05) is 24.1 Å². The summed E-state index contributed by atoms with van der Waals surface area (Å²) in [7, 11) is 1.41. The number of alkyl halides is 1. The Kier molecular flexibility index (Phi) is 5.97. The van der Waals surface area contributed by atoms with Crippen molar-refractivity contribution in [3.05, 3.63) is 35.9 Å². The summed E-state index contributed by atoms with van der Waals surface area (Å²) in [5.74, 6) is 2.06. The Morgan fingerprint density at radius 3 is 2.71 bits per heavy atom. The fraction of sp³-hybridized carbons (Fsp3) is 0.250. The molecule has 1 aromatic carbocycles. The third kappa shape index (κ3) is 4.00. The van der Waals surface area contributed by atoms with E-state index in [4.69, 9.17) is 16.0 Å². The lowest BCUT2D eigenvalue weighted by atomic mass is 10.2. The van der Waals surface area contributed by atoms with Gasteiger partial charge in [0.25, 0.3) is 5.91 Å². The van der Waals surface area contributed by atoms with Gasteiger partial charge in [-0.25, -0.2) is 0 Å². The summed E-state index contributed by atoms with van der Waals surface area (Å²) in [5.41, 5.74) is 0.528. The standard InChI is InChI=1S/C12H12INO3/c1-3-9-17-12(13)14(16-2)11(15)10-7-5-4-6-8-10/h1,4-8,12H,9H2,2H3. The molecule has 0 aromatic heterocycles. The van der Waals surface area contributed by atoms with E-state index in [2.05, 4.69) is 5.92 Å². The summed E-state index contributed by atoms with van der Waals surface area (Å²) in [5, 5.41) is 1.13. The molecular formula is C12H12INO3. The lowest BCUT2D eigenvalue weighted by Crippen LogP contribution is -2.37. The fourth-order valence-electron chi connectivity index (χ4n) is 1.15. The number of terminal acetylenes is 1. The number of nitrogens with zero attached hydrogens (tertiary/aromatic N) is 1. The zero-order chi connectivity index (χ0) is 12.7. The van der Waals surface area contributed by atoms with Gasteiger partial charge < -0.3 is 4.74 Å². The summed E-state index contributed by atoms with van der Waals surface area (Å²) in [4.78, 5) is 17.1. The van der Waals surface area contributed by atoms with E-state index in [1.807, 2.05) is 28.7 Å². The van der Waals surface area contributed by atoms with Gasteiger partial charge in [0.1, 0.15) is 6.61 Å². The summed E-state index contributed by atoms with van der Waals surface area (Å²) in [6.45, 7) is 0.121. The maximum absolute atomic E-state index is 12.0. The monoisotopic (exact) mass is 345 g/mol. The Hall–Kier alpha value is -1.10. The van der Waals surface area contributed by atoms with E-state index in [1.54, 1.807) is 24.3 Å². The predicted molar refractivity (Wildman–Crippen MR) is 72.2 cm³/mol. The second-order valence-electron chi connectivity index (χ2n) is 2.99. The van der Waals surface area contributed by atoms with Crippen molar-refractivity contribution in [2.45, 2.75) is 4.23 Å². The summed E-state index contributed by atoms with van der Waals surface area (Å²) >= 11 is 1.93. The first kappa shape index (κ1) is 14.0. The molecule has 4 nitrogen and oxygen atoms in total. The van der Waals surface area contributed by atoms with E-state index in [9.17, 15) is 4.79 Å². The normalized spacial score (nSPS) is 11.6. The predicted octanol–water partition coefficient (Wildman–Crippen LogP) is 2.06. The van der Waals surface area contributed by atoms with Crippen LogP contribution in [0.3, 0.4) is 0 Å². The minimum atomic E-state index is -0.568. The largest absolute Gasteiger partial charge is 0.334 e. The number of hydroxylamine groups is 2. The quantitative estimate of drug-likeness (QED) is 0.205. The van der Waals surface area contributed by atoms with Crippen LogP contribution in [0.5, 0.6) is 0 Å². The summed E-state index contributed by atoms with van der Waals surface area (Å²) < 4.78 is 4.65. The minimum absolute atomic E-state index is 0.121. The third-order valence-corrected chi connectivity index (χ3v) is 2.77. The van der Waals surface area contributed by atoms with Crippen LogP contribution in [0.4, 0.5) is 0 Å². The highest BCUT2D eigenvalue weighted by molar-refractivity contribution is 14.1. The average molecular weight is 345 g/mol. The molecule has 17 heavy (non-hydrogen) atoms. The molecule has 1 rings (SSSR count). The van der Waals surface area contributed by atoms with Crippen molar-refractivity contribution < 1.29 is 14.4 Å². The van der Waals surface area contributed by atoms with E-state index >= 15 is 0 Å². The number of carbonyl (C=O) groups is 1. The molecule has 0 aliphatic rings. The first-order chi connectivity index (χ1) is 8.20. The second kappa shape index (κ2) is 7.27. The minimum Gasteiger partial charge on any atom is -0.334 e. The number of rotatable bonds is 5. The Morgan fingerprint density at radius 1 is 1.53 bits per heavy atom. The van der Waals surface area contributed by atoms with Crippen LogP contribution in [0.15, 0.2) is 30.3 Å². The van der Waals surface area contributed by atoms with Gasteiger partial charge in [0, 0.05) is 5.56 Å². The van der Waals surface area contributed by atoms with Gasteiger partial charge in [0.05, 0.1) is 7.11 Å². The molecule has 90 valence electrons. The zero-order valence-electron chi connectivity index (χ0n) is 9.30. The Balaban J connectivity index is 2.74. The van der Waals surface area contributed by atoms with Crippen LogP contribution in [0.1, 0.15) is 10.4 Å². The maximum Gasteiger partial charge on any atom is 0.280 e. The van der Waals surface area contributed by atoms with Gasteiger partial charge in [-0.15, -0.1) is 6.42 Å². The molecule has 1 amide bonds. The van der Waals surface area contributed by atoms with Crippen LogP contribution in [-0.4, -0.2) is 28.9 Å². The van der Waals surface area contributed by atoms with E-state index < -0.39 is 4.23 Å². The third-order valence-electron chi connectivity index (χ3n) is 1.91. The smallest absolute Gasteiger partial charge is 0.280 e. The SMILES string of the molecule is C#CCOC(I)N(OC)C(=O)c1ccccc1. The van der Waals surface area contributed by atoms with Crippen LogP contribution < -0.4 is 0 Å². The summed E-state index contributed by atoms with van der Waals surface area (Å²) in [6.07, 6.45) is 5.08. The first-order valence-electron chi connectivity index (χ1n) is 4.82. The lowest BCUT2D eigenvalue weighted by molar-refractivity contribution is -0.157. The molecule has 5 heteroatoms. The van der Waals surface area contributed by atoms with Crippen LogP contribution in [0, 0.1) is 12.3 Å². The van der Waals surface area contributed by atoms with Gasteiger partial charge in [0.2, 0.25) is 4.23 Å². The highest BCUT2D eigenvalue weighted by Gasteiger charge is 2.23. The number of hydrogen-bond donors (Lipinski definition) is 0. The van der Waals surface area contributed by atoms with Crippen molar-refractivity contribution in [2.75, 3.05) is 13.7 Å². The molecule has 0 aliphatic carbocycles. The van der Waals surface area contributed by atoms with Crippen LogP contribution >= 0.6 is 22.6 Å². The first-order valence-corrected chi connectivity index (χ1v) is 6.07. The van der Waals surface area contributed by atoms with Gasteiger partial charge in [-0.2, -0.15) is 5.06 Å². The van der Waals surface area contributed by atoms with Gasteiger partial charge >= 0.3 is 0 Å². The molecule has 0 fully saturated rings. The van der Waals surface area contributed by atoms with E-state index in [1.165, 1.54) is 7.11 Å². The molecule has 1 unspecified atom stereocenters. The Bertz CT molecular complexity index is 402. The van der Waals surface area contributed by atoms with Crippen molar-refractivity contribution >= 4 is 28.5 Å². The Morgan fingerprint density at radius 2 is 2.18 bits per heavy atom. The fourth-order valence-corrected chi connectivity index (χ4v) is 1.81. The van der Waals surface area contributed by atoms with Crippen molar-refractivity contribution in [1.29, 1.82) is 0 Å². The molecule has 0 radical (unpaired) electrons. The molecule has 0 spiro atoms. The van der Waals surface area contributed by atoms with E-state index in [-0.39, 0.29) is 12.5 Å². The highest BCUT2D eigenvalue weighted by atomic mass is 127. The molecule has 0 bridgehead atoms. The van der Waals surface area contributed by atoms with Gasteiger partial charge in [-0.05, 0) is 34.7 Å². The number of hydrogen-bond acceptors (Lipinski definition) is 3. The maximum atomic E-state index is 12.0. The van der Waals surface area contributed by atoms with Crippen LogP contribution in [0.25, 0.3) is 0 Å². The molecule has 0 aliphatic heterocycles. The molecule has 0 saturated carbocycles. The number of amides is 1. The molecule has 1 aromatic rings. The number of benzene rings is 1.